The number of nitrogens with zero attached hydrogens (tertiary/aromatic N) is 1. The predicted octanol–water partition coefficient (Wildman–Crippen LogP) is 5.57. The highest BCUT2D eigenvalue weighted by Gasteiger charge is 2.20. The second-order valence-corrected chi connectivity index (χ2v) is 9.21. The number of rotatable bonds is 4. The van der Waals surface area contributed by atoms with Crippen LogP contribution < -0.4 is 0 Å². The molecule has 0 radical (unpaired) electrons. The van der Waals surface area contributed by atoms with Crippen LogP contribution in [-0.4, -0.2) is 24.3 Å². The second kappa shape index (κ2) is 7.43. The van der Waals surface area contributed by atoms with Crippen LogP contribution in [-0.2, 0) is 9.84 Å². The minimum absolute atomic E-state index is 0.0839. The Morgan fingerprint density at radius 1 is 0.862 bits per heavy atom. The summed E-state index contributed by atoms with van der Waals surface area (Å²) in [5.41, 5.74) is 3.83. The van der Waals surface area contributed by atoms with E-state index in [0.29, 0.717) is 10.6 Å². The molecule has 0 spiro atoms. The number of hydrogen-bond acceptors (Lipinski definition) is 3. The Kier molecular flexibility index (Phi) is 4.94. The molecule has 4 nitrogen and oxygen atoms in total. The van der Waals surface area contributed by atoms with E-state index in [1.807, 2.05) is 48.7 Å². The summed E-state index contributed by atoms with van der Waals surface area (Å²) in [7, 11) is -3.28. The third-order valence-corrected chi connectivity index (χ3v) is 6.09. The van der Waals surface area contributed by atoms with Gasteiger partial charge in [0, 0.05) is 28.7 Å². The van der Waals surface area contributed by atoms with Gasteiger partial charge in [0.25, 0.3) is 0 Å². The molecule has 3 aromatic carbocycles. The van der Waals surface area contributed by atoms with Crippen molar-refractivity contribution >= 4 is 21.4 Å². The molecule has 1 aromatic heterocycles. The van der Waals surface area contributed by atoms with Gasteiger partial charge in [-0.3, -0.25) is 4.57 Å². The van der Waals surface area contributed by atoms with Gasteiger partial charge in [0.05, 0.1) is 10.5 Å². The van der Waals surface area contributed by atoms with Crippen LogP contribution in [0.5, 0.6) is 5.88 Å². The molecule has 6 heteroatoms. The second-order valence-electron chi connectivity index (χ2n) is 6.75. The average Bonchev–Trinajstić information content (AvgIpc) is 3.05. The Morgan fingerprint density at radius 3 is 2.17 bits per heavy atom. The standard InChI is InChI=1S/C23H18ClNO3S/c1-29(27,28)20-12-10-16(11-13-20)21-15-25(19-9-5-8-18(24)14-19)23(26)22(21)17-6-3-2-4-7-17/h2-15,26H,1H3. The first-order valence-corrected chi connectivity index (χ1v) is 11.2. The van der Waals surface area contributed by atoms with Gasteiger partial charge in [0.2, 0.25) is 5.88 Å². The quantitative estimate of drug-likeness (QED) is 0.466. The van der Waals surface area contributed by atoms with E-state index in [0.717, 1.165) is 22.4 Å². The summed E-state index contributed by atoms with van der Waals surface area (Å²) in [6, 6.07) is 23.4. The molecule has 0 aliphatic heterocycles. The fraction of sp³-hybridized carbons (Fsp3) is 0.0435. The van der Waals surface area contributed by atoms with Crippen molar-refractivity contribution in [2.45, 2.75) is 4.90 Å². The van der Waals surface area contributed by atoms with E-state index in [9.17, 15) is 13.5 Å². The predicted molar refractivity (Wildman–Crippen MR) is 116 cm³/mol. The Balaban J connectivity index is 1.94. The Labute approximate surface area is 174 Å². The van der Waals surface area contributed by atoms with Crippen molar-refractivity contribution in [3.63, 3.8) is 0 Å². The molecule has 146 valence electrons. The van der Waals surface area contributed by atoms with Crippen LogP contribution in [0.4, 0.5) is 0 Å². The van der Waals surface area contributed by atoms with Crippen LogP contribution in [0.15, 0.2) is 90.0 Å². The molecule has 0 fully saturated rings. The van der Waals surface area contributed by atoms with E-state index < -0.39 is 9.84 Å². The lowest BCUT2D eigenvalue weighted by atomic mass is 9.99. The van der Waals surface area contributed by atoms with Crippen molar-refractivity contribution in [3.05, 3.63) is 90.1 Å². The van der Waals surface area contributed by atoms with Crippen LogP contribution >= 0.6 is 11.6 Å². The highest BCUT2D eigenvalue weighted by Crippen LogP contribution is 2.42. The zero-order chi connectivity index (χ0) is 20.6. The van der Waals surface area contributed by atoms with Gasteiger partial charge in [-0.15, -0.1) is 0 Å². The van der Waals surface area contributed by atoms with Gasteiger partial charge in [-0.25, -0.2) is 8.42 Å². The number of benzene rings is 3. The van der Waals surface area contributed by atoms with Crippen LogP contribution in [0.2, 0.25) is 5.02 Å². The third kappa shape index (κ3) is 3.79. The lowest BCUT2D eigenvalue weighted by Gasteiger charge is -2.07. The lowest BCUT2D eigenvalue weighted by molar-refractivity contribution is 0.445. The van der Waals surface area contributed by atoms with Gasteiger partial charge in [-0.1, -0.05) is 60.1 Å². The zero-order valence-corrected chi connectivity index (χ0v) is 17.2. The third-order valence-electron chi connectivity index (χ3n) is 4.72. The van der Waals surface area contributed by atoms with Crippen molar-refractivity contribution in [2.24, 2.45) is 0 Å². The summed E-state index contributed by atoms with van der Waals surface area (Å²) >= 11 is 6.14. The molecular weight excluding hydrogens is 406 g/mol. The molecule has 0 aliphatic carbocycles. The van der Waals surface area contributed by atoms with E-state index in [2.05, 4.69) is 0 Å². The van der Waals surface area contributed by atoms with Crippen LogP contribution in [0.3, 0.4) is 0 Å². The maximum Gasteiger partial charge on any atom is 0.204 e. The van der Waals surface area contributed by atoms with E-state index in [1.54, 1.807) is 41.0 Å². The summed E-state index contributed by atoms with van der Waals surface area (Å²) in [6.07, 6.45) is 3.01. The van der Waals surface area contributed by atoms with Crippen molar-refractivity contribution < 1.29 is 13.5 Å². The Bertz CT molecular complexity index is 1280. The number of hydrogen-bond donors (Lipinski definition) is 1. The highest BCUT2D eigenvalue weighted by molar-refractivity contribution is 7.90. The van der Waals surface area contributed by atoms with Crippen LogP contribution in [0.25, 0.3) is 27.9 Å². The topological polar surface area (TPSA) is 59.3 Å². The van der Waals surface area contributed by atoms with Gasteiger partial charge in [0.15, 0.2) is 9.84 Å². The summed E-state index contributed by atoms with van der Waals surface area (Å²) in [4.78, 5) is 0.251. The Hall–Kier alpha value is -3.02. The van der Waals surface area contributed by atoms with Gasteiger partial charge in [0.1, 0.15) is 0 Å². The molecule has 0 saturated heterocycles. The molecule has 0 unspecified atom stereocenters. The maximum atomic E-state index is 11.8. The number of aromatic hydroxyl groups is 1. The fourth-order valence-corrected chi connectivity index (χ4v) is 4.12. The average molecular weight is 424 g/mol. The summed E-state index contributed by atoms with van der Waals surface area (Å²) < 4.78 is 25.2. The molecule has 0 amide bonds. The van der Waals surface area contributed by atoms with Gasteiger partial charge >= 0.3 is 0 Å². The molecule has 0 bridgehead atoms. The molecule has 1 N–H and O–H groups in total. The lowest BCUT2D eigenvalue weighted by Crippen LogP contribution is -1.96. The SMILES string of the molecule is CS(=O)(=O)c1ccc(-c2cn(-c3cccc(Cl)c3)c(O)c2-c2ccccc2)cc1. The van der Waals surface area contributed by atoms with Crippen molar-refractivity contribution in [2.75, 3.05) is 6.26 Å². The van der Waals surface area contributed by atoms with E-state index in [1.165, 1.54) is 6.26 Å². The van der Waals surface area contributed by atoms with Crippen molar-refractivity contribution in [1.82, 2.24) is 4.57 Å². The monoisotopic (exact) mass is 423 g/mol. The summed E-state index contributed by atoms with van der Waals surface area (Å²) in [5, 5.41) is 11.6. The first-order valence-electron chi connectivity index (χ1n) is 8.91. The number of sulfone groups is 1. The first kappa shape index (κ1) is 19.3. The minimum atomic E-state index is -3.28. The van der Waals surface area contributed by atoms with Gasteiger partial charge in [-0.2, -0.15) is 0 Å². The molecule has 0 atom stereocenters. The molecule has 0 aliphatic rings. The molecule has 1 heterocycles. The van der Waals surface area contributed by atoms with E-state index in [-0.39, 0.29) is 10.8 Å². The normalized spacial score (nSPS) is 11.5. The zero-order valence-electron chi connectivity index (χ0n) is 15.6. The fourth-order valence-electron chi connectivity index (χ4n) is 3.31. The largest absolute Gasteiger partial charge is 0.494 e. The highest BCUT2D eigenvalue weighted by atomic mass is 35.5. The summed E-state index contributed by atoms with van der Waals surface area (Å²) in [5.74, 6) is 0.0839. The maximum absolute atomic E-state index is 11.8. The van der Waals surface area contributed by atoms with E-state index in [4.69, 9.17) is 11.6 Å². The van der Waals surface area contributed by atoms with Crippen LogP contribution in [0.1, 0.15) is 0 Å². The van der Waals surface area contributed by atoms with Gasteiger partial charge in [-0.05, 0) is 41.5 Å². The first-order chi connectivity index (χ1) is 13.8. The smallest absolute Gasteiger partial charge is 0.204 e. The molecule has 4 aromatic rings. The molecule has 4 rings (SSSR count). The molecule has 0 saturated carbocycles. The van der Waals surface area contributed by atoms with Gasteiger partial charge < -0.3 is 5.11 Å². The number of halogens is 1. The Morgan fingerprint density at radius 2 is 1.55 bits per heavy atom. The minimum Gasteiger partial charge on any atom is -0.494 e. The number of aromatic nitrogens is 1. The van der Waals surface area contributed by atoms with Crippen molar-refractivity contribution in [3.8, 4) is 33.8 Å². The van der Waals surface area contributed by atoms with Crippen molar-refractivity contribution in [1.29, 1.82) is 0 Å². The summed E-state index contributed by atoms with van der Waals surface area (Å²) in [6.45, 7) is 0. The molecule has 29 heavy (non-hydrogen) atoms. The van der Waals surface area contributed by atoms with Crippen LogP contribution in [0, 0.1) is 0 Å². The molecular formula is C23H18ClNO3S. The van der Waals surface area contributed by atoms with E-state index >= 15 is 0 Å².